The highest BCUT2D eigenvalue weighted by atomic mass is 32.2. The lowest BCUT2D eigenvalue weighted by Gasteiger charge is -2.42. The lowest BCUT2D eigenvalue weighted by Crippen LogP contribution is -2.54. The van der Waals surface area contributed by atoms with E-state index in [1.807, 2.05) is 18.9 Å². The summed E-state index contributed by atoms with van der Waals surface area (Å²) < 4.78 is 11.9. The Hall–Kier alpha value is 0.190. The zero-order chi connectivity index (χ0) is 13.3. The van der Waals surface area contributed by atoms with E-state index in [2.05, 4.69) is 5.43 Å². The topological polar surface area (TPSA) is 56.5 Å². The van der Waals surface area contributed by atoms with Crippen molar-refractivity contribution < 1.29 is 9.47 Å². The van der Waals surface area contributed by atoms with Crippen LogP contribution in [0.25, 0.3) is 0 Å². The highest BCUT2D eigenvalue weighted by molar-refractivity contribution is 7.99. The summed E-state index contributed by atoms with van der Waals surface area (Å²) >= 11 is 2.03. The number of methoxy groups -OCH3 is 1. The van der Waals surface area contributed by atoms with Crippen LogP contribution in [0.15, 0.2) is 0 Å². The molecule has 1 spiro atoms. The van der Waals surface area contributed by atoms with Gasteiger partial charge in [-0.2, -0.15) is 11.8 Å². The van der Waals surface area contributed by atoms with E-state index in [9.17, 15) is 0 Å². The molecule has 3 fully saturated rings. The molecule has 3 aliphatic rings. The maximum Gasteiger partial charge on any atom is 0.0783 e. The van der Waals surface area contributed by atoms with Gasteiger partial charge in [0.15, 0.2) is 0 Å². The fourth-order valence-electron chi connectivity index (χ4n) is 3.79. The minimum absolute atomic E-state index is 0.129. The molecule has 0 bridgehead atoms. The predicted octanol–water partition coefficient (Wildman–Crippen LogP) is 1.55. The van der Waals surface area contributed by atoms with Gasteiger partial charge >= 0.3 is 0 Å². The largest absolute Gasteiger partial charge is 0.379 e. The molecule has 0 aromatic heterocycles. The van der Waals surface area contributed by atoms with Crippen LogP contribution in [0.4, 0.5) is 0 Å². The molecule has 1 aliphatic carbocycles. The molecular weight excluding hydrogens is 260 g/mol. The van der Waals surface area contributed by atoms with Crippen molar-refractivity contribution >= 4 is 11.8 Å². The van der Waals surface area contributed by atoms with Gasteiger partial charge in [0.05, 0.1) is 17.7 Å². The van der Waals surface area contributed by atoms with Crippen molar-refractivity contribution in [2.45, 2.75) is 49.9 Å². The Balaban J connectivity index is 1.68. The fourth-order valence-corrected chi connectivity index (χ4v) is 5.17. The molecule has 4 atom stereocenters. The van der Waals surface area contributed by atoms with Gasteiger partial charge in [0.2, 0.25) is 0 Å². The van der Waals surface area contributed by atoms with Crippen LogP contribution in [0, 0.1) is 11.8 Å². The normalized spacial score (nSPS) is 38.5. The zero-order valence-corrected chi connectivity index (χ0v) is 12.6. The van der Waals surface area contributed by atoms with Crippen molar-refractivity contribution in [1.29, 1.82) is 0 Å². The van der Waals surface area contributed by atoms with E-state index in [0.29, 0.717) is 11.8 Å². The number of hydrogen-bond donors (Lipinski definition) is 2. The first kappa shape index (κ1) is 14.1. The van der Waals surface area contributed by atoms with Crippen LogP contribution in [0.2, 0.25) is 0 Å². The van der Waals surface area contributed by atoms with Crippen LogP contribution in [0.5, 0.6) is 0 Å². The molecule has 0 radical (unpaired) electrons. The monoisotopic (exact) mass is 286 g/mol. The summed E-state index contributed by atoms with van der Waals surface area (Å²) in [5, 5.41) is 0. The molecule has 2 heterocycles. The minimum atomic E-state index is 0.129. The second-order valence-electron chi connectivity index (χ2n) is 6.32. The van der Waals surface area contributed by atoms with E-state index in [1.54, 1.807) is 0 Å². The summed E-state index contributed by atoms with van der Waals surface area (Å²) in [5.41, 5.74) is 3.19. The Bertz CT molecular complexity index is 306. The van der Waals surface area contributed by atoms with Crippen molar-refractivity contribution in [2.24, 2.45) is 17.7 Å². The predicted molar refractivity (Wildman–Crippen MR) is 78.0 cm³/mol. The maximum atomic E-state index is 6.11. The molecule has 5 heteroatoms. The van der Waals surface area contributed by atoms with E-state index >= 15 is 0 Å². The molecule has 0 aromatic carbocycles. The smallest absolute Gasteiger partial charge is 0.0783 e. The quantitative estimate of drug-likeness (QED) is 0.593. The van der Waals surface area contributed by atoms with Crippen LogP contribution in [-0.4, -0.2) is 43.0 Å². The summed E-state index contributed by atoms with van der Waals surface area (Å²) in [4.78, 5) is 0. The van der Waals surface area contributed by atoms with Gasteiger partial charge in [0.25, 0.3) is 0 Å². The molecular formula is C14H26N2O2S. The fraction of sp³-hybridized carbons (Fsp3) is 1.00. The van der Waals surface area contributed by atoms with Crippen LogP contribution in [0.3, 0.4) is 0 Å². The molecule has 2 aliphatic heterocycles. The number of thioether (sulfide) groups is 1. The molecule has 19 heavy (non-hydrogen) atoms. The Kier molecular flexibility index (Phi) is 4.39. The van der Waals surface area contributed by atoms with Gasteiger partial charge in [-0.05, 0) is 49.7 Å². The number of hydrogen-bond acceptors (Lipinski definition) is 5. The van der Waals surface area contributed by atoms with Gasteiger partial charge in [-0.1, -0.05) is 0 Å². The van der Waals surface area contributed by atoms with E-state index < -0.39 is 0 Å². The third-order valence-corrected chi connectivity index (χ3v) is 6.23. The Morgan fingerprint density at radius 2 is 2.21 bits per heavy atom. The molecule has 4 nitrogen and oxygen atoms in total. The second kappa shape index (κ2) is 5.90. The van der Waals surface area contributed by atoms with Gasteiger partial charge in [-0.15, -0.1) is 0 Å². The van der Waals surface area contributed by atoms with Crippen molar-refractivity contribution in [3.8, 4) is 0 Å². The number of ether oxygens (including phenoxy) is 2. The first-order valence-electron chi connectivity index (χ1n) is 7.49. The standard InChI is InChI=1S/C14H26N2O2S/c1-17-13(10-2-3-10)12(16-15)11-4-6-18-14(8-11)5-7-19-9-14/h10-13,16H,2-9,15H2,1H3. The molecule has 4 unspecified atom stereocenters. The first-order valence-corrected chi connectivity index (χ1v) is 8.64. The SMILES string of the molecule is COC(C1CC1)C(NN)C1CCOC2(CCSC2)C1. The first-order chi connectivity index (χ1) is 9.28. The molecule has 1 saturated carbocycles. The summed E-state index contributed by atoms with van der Waals surface area (Å²) in [7, 11) is 1.83. The Labute approximate surface area is 120 Å². The van der Waals surface area contributed by atoms with Gasteiger partial charge in [-0.25, -0.2) is 0 Å². The van der Waals surface area contributed by atoms with Gasteiger partial charge in [-0.3, -0.25) is 11.3 Å². The summed E-state index contributed by atoms with van der Waals surface area (Å²) in [6.07, 6.45) is 6.31. The molecule has 110 valence electrons. The van der Waals surface area contributed by atoms with Gasteiger partial charge in [0.1, 0.15) is 0 Å². The van der Waals surface area contributed by atoms with Crippen molar-refractivity contribution in [3.63, 3.8) is 0 Å². The number of nitrogens with two attached hydrogens (primary N) is 1. The second-order valence-corrected chi connectivity index (χ2v) is 7.42. The highest BCUT2D eigenvalue weighted by Crippen LogP contribution is 2.44. The molecule has 2 saturated heterocycles. The Morgan fingerprint density at radius 3 is 2.79 bits per heavy atom. The molecule has 3 rings (SSSR count). The van der Waals surface area contributed by atoms with Crippen LogP contribution in [-0.2, 0) is 9.47 Å². The van der Waals surface area contributed by atoms with E-state index in [-0.39, 0.29) is 17.7 Å². The zero-order valence-electron chi connectivity index (χ0n) is 11.8. The number of hydrazine groups is 1. The average molecular weight is 286 g/mol. The van der Waals surface area contributed by atoms with E-state index in [1.165, 1.54) is 25.0 Å². The van der Waals surface area contributed by atoms with E-state index in [4.69, 9.17) is 15.3 Å². The van der Waals surface area contributed by atoms with Gasteiger partial charge < -0.3 is 9.47 Å². The summed E-state index contributed by atoms with van der Waals surface area (Å²) in [6.45, 7) is 0.879. The molecule has 3 N–H and O–H groups in total. The van der Waals surface area contributed by atoms with Crippen molar-refractivity contribution in [2.75, 3.05) is 25.2 Å². The lowest BCUT2D eigenvalue weighted by atomic mass is 9.79. The highest BCUT2D eigenvalue weighted by Gasteiger charge is 2.46. The van der Waals surface area contributed by atoms with Crippen LogP contribution in [0.1, 0.15) is 32.1 Å². The molecule has 0 amide bonds. The maximum absolute atomic E-state index is 6.11. The third kappa shape index (κ3) is 2.95. The number of nitrogens with one attached hydrogen (secondary N) is 1. The van der Waals surface area contributed by atoms with Crippen LogP contribution >= 0.6 is 11.8 Å². The minimum Gasteiger partial charge on any atom is -0.379 e. The van der Waals surface area contributed by atoms with Crippen LogP contribution < -0.4 is 11.3 Å². The van der Waals surface area contributed by atoms with Gasteiger partial charge in [0, 0.05) is 19.5 Å². The lowest BCUT2D eigenvalue weighted by molar-refractivity contribution is -0.0968. The Morgan fingerprint density at radius 1 is 1.37 bits per heavy atom. The van der Waals surface area contributed by atoms with Crippen molar-refractivity contribution in [1.82, 2.24) is 5.43 Å². The summed E-state index contributed by atoms with van der Waals surface area (Å²) in [6, 6.07) is 0.281. The number of rotatable bonds is 5. The average Bonchev–Trinajstić information content (AvgIpc) is 3.18. The van der Waals surface area contributed by atoms with E-state index in [0.717, 1.165) is 25.2 Å². The molecule has 0 aromatic rings. The van der Waals surface area contributed by atoms with Crippen molar-refractivity contribution in [3.05, 3.63) is 0 Å². The summed E-state index contributed by atoms with van der Waals surface area (Å²) in [5.74, 6) is 9.55. The third-order valence-electron chi connectivity index (χ3n) is 5.01.